The molecule has 6 heteroatoms. The van der Waals surface area contributed by atoms with E-state index in [0.717, 1.165) is 19.6 Å². The van der Waals surface area contributed by atoms with Crippen molar-refractivity contribution >= 4 is 17.6 Å². The Hall–Kier alpha value is -1.95. The third-order valence-corrected chi connectivity index (χ3v) is 2.92. The number of halogens is 1. The van der Waals surface area contributed by atoms with Crippen molar-refractivity contribution in [3.63, 3.8) is 0 Å². The molecule has 1 unspecified atom stereocenters. The third-order valence-electron chi connectivity index (χ3n) is 2.92. The van der Waals surface area contributed by atoms with E-state index in [2.05, 4.69) is 10.1 Å². The van der Waals surface area contributed by atoms with E-state index in [1.165, 1.54) is 12.1 Å². The molecule has 5 nitrogen and oxygen atoms in total. The standard InChI is InChI=1S/C14H19FN2O3/c1-4-7-14(2,16)13(19)17-9-5-6-11(15)10(8-9)12(18)20-3/h5-6,8H,4,7,16H2,1-3H3,(H,17,19). The van der Waals surface area contributed by atoms with E-state index in [4.69, 9.17) is 5.73 Å². The summed E-state index contributed by atoms with van der Waals surface area (Å²) >= 11 is 0. The number of nitrogens with one attached hydrogen (secondary N) is 1. The van der Waals surface area contributed by atoms with Gasteiger partial charge in [-0.15, -0.1) is 0 Å². The molecule has 0 aliphatic carbocycles. The summed E-state index contributed by atoms with van der Waals surface area (Å²) in [4.78, 5) is 23.4. The molecule has 0 saturated heterocycles. The van der Waals surface area contributed by atoms with Gasteiger partial charge in [-0.1, -0.05) is 13.3 Å². The first-order chi connectivity index (χ1) is 9.31. The van der Waals surface area contributed by atoms with Crippen LogP contribution in [0.3, 0.4) is 0 Å². The van der Waals surface area contributed by atoms with Crippen LogP contribution in [-0.2, 0) is 9.53 Å². The largest absolute Gasteiger partial charge is 0.465 e. The van der Waals surface area contributed by atoms with Crippen molar-refractivity contribution in [3.8, 4) is 0 Å². The summed E-state index contributed by atoms with van der Waals surface area (Å²) in [6.45, 7) is 3.54. The molecular weight excluding hydrogens is 263 g/mol. The number of carbonyl (C=O) groups excluding carboxylic acids is 2. The number of hydrogen-bond donors (Lipinski definition) is 2. The first-order valence-corrected chi connectivity index (χ1v) is 6.30. The number of anilines is 1. The van der Waals surface area contributed by atoms with Crippen LogP contribution in [-0.4, -0.2) is 24.5 Å². The lowest BCUT2D eigenvalue weighted by Gasteiger charge is -2.23. The Morgan fingerprint density at radius 2 is 2.10 bits per heavy atom. The second kappa shape index (κ2) is 6.47. The Kier molecular flexibility index (Phi) is 5.21. The molecule has 3 N–H and O–H groups in total. The maximum absolute atomic E-state index is 13.5. The lowest BCUT2D eigenvalue weighted by Crippen LogP contribution is -2.48. The predicted octanol–water partition coefficient (Wildman–Crippen LogP) is 2.07. The molecule has 0 fully saturated rings. The van der Waals surface area contributed by atoms with Crippen LogP contribution in [0.1, 0.15) is 37.0 Å². The summed E-state index contributed by atoms with van der Waals surface area (Å²) < 4.78 is 17.9. The number of methoxy groups -OCH3 is 1. The van der Waals surface area contributed by atoms with Gasteiger partial charge in [0.1, 0.15) is 5.82 Å². The van der Waals surface area contributed by atoms with Gasteiger partial charge in [0, 0.05) is 5.69 Å². The van der Waals surface area contributed by atoms with Crippen LogP contribution in [0.5, 0.6) is 0 Å². The smallest absolute Gasteiger partial charge is 0.340 e. The van der Waals surface area contributed by atoms with Crippen molar-refractivity contribution in [1.82, 2.24) is 0 Å². The maximum Gasteiger partial charge on any atom is 0.340 e. The molecule has 0 spiro atoms. The lowest BCUT2D eigenvalue weighted by atomic mass is 9.96. The van der Waals surface area contributed by atoms with Gasteiger partial charge in [0.05, 0.1) is 18.2 Å². The van der Waals surface area contributed by atoms with Gasteiger partial charge in [-0.05, 0) is 31.5 Å². The Balaban J connectivity index is 2.94. The van der Waals surface area contributed by atoms with Crippen LogP contribution in [0.15, 0.2) is 18.2 Å². The van der Waals surface area contributed by atoms with Crippen LogP contribution >= 0.6 is 0 Å². The van der Waals surface area contributed by atoms with Gasteiger partial charge in [0.2, 0.25) is 5.91 Å². The minimum Gasteiger partial charge on any atom is -0.465 e. The Bertz CT molecular complexity index is 515. The molecule has 1 atom stereocenters. The number of ether oxygens (including phenoxy) is 1. The molecule has 0 aliphatic rings. The summed E-state index contributed by atoms with van der Waals surface area (Å²) in [6.07, 6.45) is 1.28. The number of hydrogen-bond acceptors (Lipinski definition) is 4. The van der Waals surface area contributed by atoms with Gasteiger partial charge in [-0.2, -0.15) is 0 Å². The Morgan fingerprint density at radius 1 is 1.45 bits per heavy atom. The minimum absolute atomic E-state index is 0.237. The normalized spacial score (nSPS) is 13.4. The zero-order chi connectivity index (χ0) is 15.3. The number of nitrogens with two attached hydrogens (primary N) is 1. The second-order valence-corrected chi connectivity index (χ2v) is 4.81. The van der Waals surface area contributed by atoms with Crippen molar-refractivity contribution in [3.05, 3.63) is 29.6 Å². The number of rotatable bonds is 5. The van der Waals surface area contributed by atoms with E-state index in [1.54, 1.807) is 6.92 Å². The maximum atomic E-state index is 13.5. The van der Waals surface area contributed by atoms with Crippen LogP contribution in [0.2, 0.25) is 0 Å². The van der Waals surface area contributed by atoms with Crippen LogP contribution < -0.4 is 11.1 Å². The van der Waals surface area contributed by atoms with Crippen molar-refractivity contribution in [1.29, 1.82) is 0 Å². The van der Waals surface area contributed by atoms with E-state index in [9.17, 15) is 14.0 Å². The number of amides is 1. The topological polar surface area (TPSA) is 81.4 Å². The summed E-state index contributed by atoms with van der Waals surface area (Å²) in [7, 11) is 1.16. The van der Waals surface area contributed by atoms with E-state index >= 15 is 0 Å². The molecule has 1 aromatic rings. The first kappa shape index (κ1) is 16.1. The fourth-order valence-corrected chi connectivity index (χ4v) is 1.78. The van der Waals surface area contributed by atoms with E-state index < -0.39 is 17.3 Å². The molecule has 1 rings (SSSR count). The molecule has 0 radical (unpaired) electrons. The van der Waals surface area contributed by atoms with Gasteiger partial charge >= 0.3 is 5.97 Å². The molecule has 0 aliphatic heterocycles. The van der Waals surface area contributed by atoms with Crippen molar-refractivity contribution in [2.75, 3.05) is 12.4 Å². The van der Waals surface area contributed by atoms with E-state index in [-0.39, 0.29) is 11.5 Å². The first-order valence-electron chi connectivity index (χ1n) is 6.30. The summed E-state index contributed by atoms with van der Waals surface area (Å²) in [6, 6.07) is 3.68. The molecule has 0 heterocycles. The molecule has 20 heavy (non-hydrogen) atoms. The molecule has 1 amide bonds. The zero-order valence-electron chi connectivity index (χ0n) is 11.8. The number of carbonyl (C=O) groups is 2. The summed E-state index contributed by atoms with van der Waals surface area (Å²) in [5.41, 5.74) is 4.93. The van der Waals surface area contributed by atoms with Crippen molar-refractivity contribution in [2.45, 2.75) is 32.2 Å². The molecule has 1 aromatic carbocycles. The highest BCUT2D eigenvalue weighted by Gasteiger charge is 2.27. The van der Waals surface area contributed by atoms with Crippen LogP contribution in [0.4, 0.5) is 10.1 Å². The minimum atomic E-state index is -1.02. The molecule has 0 aromatic heterocycles. The van der Waals surface area contributed by atoms with Crippen LogP contribution in [0.25, 0.3) is 0 Å². The van der Waals surface area contributed by atoms with Gasteiger partial charge < -0.3 is 15.8 Å². The average Bonchev–Trinajstić information content (AvgIpc) is 2.39. The summed E-state index contributed by atoms with van der Waals surface area (Å²) in [5.74, 6) is -1.90. The molecule has 0 bridgehead atoms. The second-order valence-electron chi connectivity index (χ2n) is 4.81. The van der Waals surface area contributed by atoms with Crippen molar-refractivity contribution < 1.29 is 18.7 Å². The predicted molar refractivity (Wildman–Crippen MR) is 73.9 cm³/mol. The summed E-state index contributed by atoms with van der Waals surface area (Å²) in [5, 5.41) is 2.58. The average molecular weight is 282 g/mol. The van der Waals surface area contributed by atoms with Crippen molar-refractivity contribution in [2.24, 2.45) is 5.73 Å². The number of benzene rings is 1. The molecule has 0 saturated carbocycles. The van der Waals surface area contributed by atoms with Crippen LogP contribution in [0, 0.1) is 5.82 Å². The molecule has 110 valence electrons. The highest BCUT2D eigenvalue weighted by Crippen LogP contribution is 2.18. The quantitative estimate of drug-likeness (QED) is 0.810. The van der Waals surface area contributed by atoms with Gasteiger partial charge in [0.15, 0.2) is 0 Å². The van der Waals surface area contributed by atoms with Gasteiger partial charge in [-0.25, -0.2) is 9.18 Å². The fourth-order valence-electron chi connectivity index (χ4n) is 1.78. The highest BCUT2D eigenvalue weighted by atomic mass is 19.1. The third kappa shape index (κ3) is 3.77. The van der Waals surface area contributed by atoms with E-state index in [1.807, 2.05) is 6.92 Å². The fraction of sp³-hybridized carbons (Fsp3) is 0.429. The zero-order valence-corrected chi connectivity index (χ0v) is 11.8. The Labute approximate surface area is 117 Å². The Morgan fingerprint density at radius 3 is 2.65 bits per heavy atom. The highest BCUT2D eigenvalue weighted by molar-refractivity contribution is 5.99. The van der Waals surface area contributed by atoms with Gasteiger partial charge in [0.25, 0.3) is 0 Å². The monoisotopic (exact) mass is 282 g/mol. The number of esters is 1. The SMILES string of the molecule is CCCC(C)(N)C(=O)Nc1ccc(F)c(C(=O)OC)c1. The molecular formula is C14H19FN2O3. The van der Waals surface area contributed by atoms with E-state index in [0.29, 0.717) is 12.1 Å². The lowest BCUT2D eigenvalue weighted by molar-refractivity contribution is -0.120. The van der Waals surface area contributed by atoms with Gasteiger partial charge in [-0.3, -0.25) is 4.79 Å².